The minimum atomic E-state index is -4.50. The molecule has 1 heterocycles. The van der Waals surface area contributed by atoms with Gasteiger partial charge in [0.25, 0.3) is 0 Å². The number of thiocarbonyl (C=S) groups is 1. The number of hydrogen-bond donors (Lipinski definition) is 2. The Bertz CT molecular complexity index is 1440. The number of alkyl halides is 3. The zero-order chi connectivity index (χ0) is 25.9. The molecule has 186 valence electrons. The van der Waals surface area contributed by atoms with Crippen LogP contribution in [0.15, 0.2) is 65.4 Å². The van der Waals surface area contributed by atoms with Crippen LogP contribution in [0.25, 0.3) is 10.9 Å². The number of ether oxygens (including phenoxy) is 3. The fraction of sp³-hybridized carbons (Fsp3) is 0.125. The van der Waals surface area contributed by atoms with Gasteiger partial charge in [-0.05, 0) is 48.6 Å². The zero-order valence-corrected chi connectivity index (χ0v) is 21.2. The molecule has 0 aliphatic rings. The van der Waals surface area contributed by atoms with E-state index in [1.807, 2.05) is 0 Å². The lowest BCUT2D eigenvalue weighted by Crippen LogP contribution is -2.19. The number of nitrogens with zero attached hydrogens (tertiary/aromatic N) is 2. The van der Waals surface area contributed by atoms with Gasteiger partial charge >= 0.3 is 6.18 Å². The van der Waals surface area contributed by atoms with Crippen molar-refractivity contribution in [2.45, 2.75) is 6.18 Å². The molecule has 1 aromatic heterocycles. The van der Waals surface area contributed by atoms with E-state index in [0.717, 1.165) is 6.07 Å². The Hall–Kier alpha value is -3.64. The highest BCUT2D eigenvalue weighted by Crippen LogP contribution is 2.37. The number of fused-ring (bicyclic) bond motifs is 1. The van der Waals surface area contributed by atoms with Crippen LogP contribution in [0.2, 0.25) is 0 Å². The number of hydrogen-bond acceptors (Lipinski definition) is 6. The first-order valence-electron chi connectivity index (χ1n) is 10.3. The first kappa shape index (κ1) is 25.5. The van der Waals surface area contributed by atoms with E-state index in [-0.39, 0.29) is 15.3 Å². The second kappa shape index (κ2) is 10.5. The Morgan fingerprint density at radius 3 is 2.31 bits per heavy atom. The average molecular weight is 579 g/mol. The van der Waals surface area contributed by atoms with Crippen molar-refractivity contribution in [2.75, 3.05) is 24.9 Å². The van der Waals surface area contributed by atoms with Gasteiger partial charge in [0.1, 0.15) is 12.1 Å². The minimum absolute atomic E-state index is 0.0578. The molecule has 0 aliphatic carbocycles. The normalized spacial score (nSPS) is 11.2. The predicted molar refractivity (Wildman–Crippen MR) is 138 cm³/mol. The van der Waals surface area contributed by atoms with E-state index in [4.69, 9.17) is 26.4 Å². The Kier molecular flexibility index (Phi) is 7.45. The van der Waals surface area contributed by atoms with Crippen molar-refractivity contribution in [1.82, 2.24) is 9.97 Å². The highest BCUT2D eigenvalue weighted by atomic mass is 79.9. The van der Waals surface area contributed by atoms with E-state index in [0.29, 0.717) is 39.7 Å². The van der Waals surface area contributed by atoms with Crippen molar-refractivity contribution in [3.63, 3.8) is 0 Å². The molecule has 0 unspecified atom stereocenters. The van der Waals surface area contributed by atoms with Crippen LogP contribution in [0.5, 0.6) is 23.1 Å². The Morgan fingerprint density at radius 2 is 1.61 bits per heavy atom. The molecule has 0 bridgehead atoms. The summed E-state index contributed by atoms with van der Waals surface area (Å²) in [5, 5.41) is 6.41. The summed E-state index contributed by atoms with van der Waals surface area (Å²) in [7, 11) is 3.06. The third kappa shape index (κ3) is 5.77. The van der Waals surface area contributed by atoms with Crippen LogP contribution < -0.4 is 24.8 Å². The summed E-state index contributed by atoms with van der Waals surface area (Å²) in [5.74, 6) is 1.77. The lowest BCUT2D eigenvalue weighted by molar-refractivity contribution is -0.138. The van der Waals surface area contributed by atoms with Crippen molar-refractivity contribution in [2.24, 2.45) is 0 Å². The van der Waals surface area contributed by atoms with Crippen molar-refractivity contribution >= 4 is 55.5 Å². The summed E-state index contributed by atoms with van der Waals surface area (Å²) in [6.07, 6.45) is -3.13. The maximum Gasteiger partial charge on any atom is 0.417 e. The van der Waals surface area contributed by atoms with Gasteiger partial charge in [-0.1, -0.05) is 22.0 Å². The predicted octanol–water partition coefficient (Wildman–Crippen LogP) is 7.03. The Morgan fingerprint density at radius 1 is 0.917 bits per heavy atom. The maximum atomic E-state index is 13.2. The lowest BCUT2D eigenvalue weighted by atomic mass is 10.2. The summed E-state index contributed by atoms with van der Waals surface area (Å²) in [6, 6.07) is 14.1. The number of methoxy groups -OCH3 is 2. The van der Waals surface area contributed by atoms with Gasteiger partial charge in [0.05, 0.1) is 30.7 Å². The van der Waals surface area contributed by atoms with Gasteiger partial charge < -0.3 is 24.8 Å². The van der Waals surface area contributed by atoms with Crippen LogP contribution >= 0.6 is 28.1 Å². The summed E-state index contributed by atoms with van der Waals surface area (Å²) in [5.41, 5.74) is 0.532. The topological polar surface area (TPSA) is 77.5 Å². The summed E-state index contributed by atoms with van der Waals surface area (Å²) < 4.78 is 56.1. The third-order valence-electron chi connectivity index (χ3n) is 4.94. The first-order valence-corrected chi connectivity index (χ1v) is 11.5. The Labute approximate surface area is 217 Å². The van der Waals surface area contributed by atoms with Crippen LogP contribution in [0.4, 0.5) is 24.5 Å². The monoisotopic (exact) mass is 578 g/mol. The molecule has 7 nitrogen and oxygen atoms in total. The van der Waals surface area contributed by atoms with Crippen molar-refractivity contribution < 1.29 is 27.4 Å². The van der Waals surface area contributed by atoms with Crippen molar-refractivity contribution in [3.8, 4) is 23.1 Å². The molecule has 0 atom stereocenters. The fourth-order valence-corrected chi connectivity index (χ4v) is 4.01. The highest BCUT2D eigenvalue weighted by molar-refractivity contribution is 9.10. The summed E-state index contributed by atoms with van der Waals surface area (Å²) >= 11 is 8.19. The molecule has 12 heteroatoms. The molecular formula is C24H18BrF3N4O3S. The number of nitrogens with one attached hydrogen (secondary N) is 2. The molecule has 0 saturated carbocycles. The zero-order valence-electron chi connectivity index (χ0n) is 18.8. The van der Waals surface area contributed by atoms with Crippen molar-refractivity contribution in [3.05, 3.63) is 71.0 Å². The number of aromatic nitrogens is 2. The standard InChI is InChI=1S/C24H18BrF3N4O3S/c1-33-20-10-16-19(11-21(20)34-2)29-12-30-22(16)35-15-5-3-4-13(8-15)31-23(36)32-14-6-7-18(25)17(9-14)24(26,27)28/h3-12H,1-2H3,(H2,31,32,36). The number of halogens is 4. The van der Waals surface area contributed by atoms with E-state index in [1.165, 1.54) is 32.7 Å². The summed E-state index contributed by atoms with van der Waals surface area (Å²) in [6.45, 7) is 0. The molecule has 2 N–H and O–H groups in total. The quantitative estimate of drug-likeness (QED) is 0.236. The largest absolute Gasteiger partial charge is 0.493 e. The van der Waals surface area contributed by atoms with Crippen molar-refractivity contribution in [1.29, 1.82) is 0 Å². The molecule has 4 rings (SSSR count). The Balaban J connectivity index is 1.52. The average Bonchev–Trinajstić information content (AvgIpc) is 2.84. The van der Waals surface area contributed by atoms with Gasteiger partial charge in [-0.2, -0.15) is 13.2 Å². The fourth-order valence-electron chi connectivity index (χ4n) is 3.30. The first-order chi connectivity index (χ1) is 17.2. The molecule has 4 aromatic rings. The van der Waals surface area contributed by atoms with Gasteiger partial charge in [0.2, 0.25) is 5.88 Å². The SMILES string of the molecule is COc1cc2ncnc(Oc3cccc(NC(=S)Nc4ccc(Br)c(C(F)(F)F)c4)c3)c2cc1OC. The van der Waals surface area contributed by atoms with Crippen LogP contribution in [-0.2, 0) is 6.18 Å². The second-order valence-electron chi connectivity index (χ2n) is 7.30. The van der Waals surface area contributed by atoms with Crippen LogP contribution in [0.1, 0.15) is 5.56 Å². The molecule has 0 radical (unpaired) electrons. The number of rotatable bonds is 6. The summed E-state index contributed by atoms with van der Waals surface area (Å²) in [4.78, 5) is 8.48. The third-order valence-corrected chi connectivity index (χ3v) is 5.84. The molecule has 36 heavy (non-hydrogen) atoms. The second-order valence-corrected chi connectivity index (χ2v) is 8.57. The van der Waals surface area contributed by atoms with Gasteiger partial charge in [0.15, 0.2) is 16.6 Å². The highest BCUT2D eigenvalue weighted by Gasteiger charge is 2.33. The van der Waals surface area contributed by atoms with Gasteiger partial charge in [0, 0.05) is 28.0 Å². The van der Waals surface area contributed by atoms with Crippen LogP contribution in [0, 0.1) is 0 Å². The van der Waals surface area contributed by atoms with Crippen LogP contribution in [-0.4, -0.2) is 29.3 Å². The van der Waals surface area contributed by atoms with Crippen LogP contribution in [0.3, 0.4) is 0 Å². The molecule has 3 aromatic carbocycles. The molecule has 0 aliphatic heterocycles. The van der Waals surface area contributed by atoms with E-state index >= 15 is 0 Å². The smallest absolute Gasteiger partial charge is 0.417 e. The van der Waals surface area contributed by atoms with E-state index in [9.17, 15) is 13.2 Å². The van der Waals surface area contributed by atoms with E-state index in [2.05, 4.69) is 36.5 Å². The molecule has 0 saturated heterocycles. The number of benzene rings is 3. The molecule has 0 fully saturated rings. The minimum Gasteiger partial charge on any atom is -0.493 e. The van der Waals surface area contributed by atoms with E-state index < -0.39 is 11.7 Å². The molecule has 0 spiro atoms. The van der Waals surface area contributed by atoms with E-state index in [1.54, 1.807) is 36.4 Å². The lowest BCUT2D eigenvalue weighted by Gasteiger charge is -2.15. The number of anilines is 2. The maximum absolute atomic E-state index is 13.2. The van der Waals surface area contributed by atoms with Gasteiger partial charge in [-0.25, -0.2) is 9.97 Å². The molecule has 0 amide bonds. The van der Waals surface area contributed by atoms with Gasteiger partial charge in [-0.15, -0.1) is 0 Å². The molecular weight excluding hydrogens is 561 g/mol. The van der Waals surface area contributed by atoms with Gasteiger partial charge in [-0.3, -0.25) is 0 Å².